The lowest BCUT2D eigenvalue weighted by molar-refractivity contribution is 0.193. The van der Waals surface area contributed by atoms with Gasteiger partial charge in [-0.1, -0.05) is 11.6 Å². The number of methoxy groups -OCH3 is 1. The number of hydrogen-bond donors (Lipinski definition) is 0. The summed E-state index contributed by atoms with van der Waals surface area (Å²) < 4.78 is 5.05. The van der Waals surface area contributed by atoms with Crippen molar-refractivity contribution in [2.24, 2.45) is 0 Å². The van der Waals surface area contributed by atoms with Crippen LogP contribution in [0.25, 0.3) is 0 Å². The van der Waals surface area contributed by atoms with Crippen molar-refractivity contribution in [1.82, 2.24) is 4.90 Å². The molecule has 0 fully saturated rings. The minimum Gasteiger partial charge on any atom is -0.385 e. The van der Waals surface area contributed by atoms with E-state index in [1.54, 1.807) is 12.7 Å². The Morgan fingerprint density at radius 2 is 2.21 bits per heavy atom. The van der Waals surface area contributed by atoms with Crippen LogP contribution < -0.4 is 0 Å². The lowest BCUT2D eigenvalue weighted by Gasteiger charge is -2.12. The Morgan fingerprint density at radius 3 is 3.00 bits per heavy atom. The molecular formula is C12H23NO. The summed E-state index contributed by atoms with van der Waals surface area (Å²) in [6.07, 6.45) is 8.69. The maximum Gasteiger partial charge on any atom is 0.0462 e. The SMILES string of the molecule is COCCCCC1=CCCN(C)CC1. The number of ether oxygens (including phenoxy) is 1. The molecule has 0 N–H and O–H groups in total. The van der Waals surface area contributed by atoms with Gasteiger partial charge in [-0.3, -0.25) is 0 Å². The third-order valence-corrected chi connectivity index (χ3v) is 2.85. The van der Waals surface area contributed by atoms with Crippen LogP contribution in [-0.4, -0.2) is 38.8 Å². The van der Waals surface area contributed by atoms with Gasteiger partial charge in [0, 0.05) is 26.8 Å². The lowest BCUT2D eigenvalue weighted by atomic mass is 10.1. The van der Waals surface area contributed by atoms with Gasteiger partial charge >= 0.3 is 0 Å². The minimum atomic E-state index is 0.910. The first kappa shape index (κ1) is 11.7. The predicted molar refractivity (Wildman–Crippen MR) is 60.5 cm³/mol. The van der Waals surface area contributed by atoms with Gasteiger partial charge in [0.15, 0.2) is 0 Å². The normalized spacial score (nSPS) is 19.1. The van der Waals surface area contributed by atoms with Crippen molar-refractivity contribution in [1.29, 1.82) is 0 Å². The molecule has 0 atom stereocenters. The van der Waals surface area contributed by atoms with Gasteiger partial charge in [-0.25, -0.2) is 0 Å². The first-order chi connectivity index (χ1) is 6.83. The highest BCUT2D eigenvalue weighted by atomic mass is 16.5. The highest BCUT2D eigenvalue weighted by Gasteiger charge is 2.05. The van der Waals surface area contributed by atoms with E-state index in [1.165, 1.54) is 45.2 Å². The maximum atomic E-state index is 5.05. The van der Waals surface area contributed by atoms with Crippen molar-refractivity contribution in [3.63, 3.8) is 0 Å². The van der Waals surface area contributed by atoms with Crippen LogP contribution in [-0.2, 0) is 4.74 Å². The van der Waals surface area contributed by atoms with Crippen molar-refractivity contribution < 1.29 is 4.74 Å². The van der Waals surface area contributed by atoms with E-state index in [4.69, 9.17) is 4.74 Å². The van der Waals surface area contributed by atoms with E-state index in [1.807, 2.05) is 0 Å². The summed E-state index contributed by atoms with van der Waals surface area (Å²) in [7, 11) is 3.99. The molecule has 0 amide bonds. The molecule has 14 heavy (non-hydrogen) atoms. The zero-order valence-corrected chi connectivity index (χ0v) is 9.59. The van der Waals surface area contributed by atoms with Crippen molar-refractivity contribution in [2.75, 3.05) is 33.9 Å². The number of hydrogen-bond acceptors (Lipinski definition) is 2. The molecule has 1 aliphatic heterocycles. The molecule has 0 saturated heterocycles. The average molecular weight is 197 g/mol. The Hall–Kier alpha value is -0.340. The first-order valence-corrected chi connectivity index (χ1v) is 5.68. The van der Waals surface area contributed by atoms with Crippen molar-refractivity contribution in [3.8, 4) is 0 Å². The summed E-state index contributed by atoms with van der Waals surface area (Å²) in [5.41, 5.74) is 1.66. The van der Waals surface area contributed by atoms with Gasteiger partial charge in [0.1, 0.15) is 0 Å². The van der Waals surface area contributed by atoms with Crippen LogP contribution >= 0.6 is 0 Å². The molecule has 0 aliphatic carbocycles. The molecule has 0 radical (unpaired) electrons. The quantitative estimate of drug-likeness (QED) is 0.496. The molecule has 0 aromatic rings. The van der Waals surface area contributed by atoms with E-state index in [0.29, 0.717) is 0 Å². The second kappa shape index (κ2) is 7.02. The predicted octanol–water partition coefficient (Wildman–Crippen LogP) is 2.46. The zero-order valence-electron chi connectivity index (χ0n) is 9.59. The van der Waals surface area contributed by atoms with Gasteiger partial charge in [0.05, 0.1) is 0 Å². The van der Waals surface area contributed by atoms with Crippen LogP contribution in [0, 0.1) is 0 Å². The van der Waals surface area contributed by atoms with Crippen LogP contribution in [0.4, 0.5) is 0 Å². The Bertz CT molecular complexity index is 177. The molecule has 1 aliphatic rings. The highest BCUT2D eigenvalue weighted by Crippen LogP contribution is 2.16. The van der Waals surface area contributed by atoms with E-state index in [9.17, 15) is 0 Å². The largest absolute Gasteiger partial charge is 0.385 e. The molecule has 0 aromatic heterocycles. The lowest BCUT2D eigenvalue weighted by Crippen LogP contribution is -2.18. The summed E-state index contributed by atoms with van der Waals surface area (Å²) in [4.78, 5) is 2.42. The molecule has 0 aromatic carbocycles. The molecule has 0 spiro atoms. The summed E-state index contributed by atoms with van der Waals surface area (Å²) >= 11 is 0. The molecular weight excluding hydrogens is 174 g/mol. The molecule has 0 unspecified atom stereocenters. The Kier molecular flexibility index (Phi) is 5.88. The smallest absolute Gasteiger partial charge is 0.0462 e. The van der Waals surface area contributed by atoms with Crippen molar-refractivity contribution in [2.45, 2.75) is 32.1 Å². The van der Waals surface area contributed by atoms with E-state index in [2.05, 4.69) is 18.0 Å². The Balaban J connectivity index is 2.13. The zero-order chi connectivity index (χ0) is 10.2. The molecule has 2 nitrogen and oxygen atoms in total. The van der Waals surface area contributed by atoms with Crippen LogP contribution in [0.1, 0.15) is 32.1 Å². The summed E-state index contributed by atoms with van der Waals surface area (Å²) in [5, 5.41) is 0. The van der Waals surface area contributed by atoms with Crippen molar-refractivity contribution >= 4 is 0 Å². The molecule has 0 saturated carbocycles. The standard InChI is InChI=1S/C12H23NO/c1-13-9-5-7-12(8-10-13)6-3-4-11-14-2/h7H,3-6,8-11H2,1-2H3. The van der Waals surface area contributed by atoms with Gasteiger partial charge in [0.25, 0.3) is 0 Å². The van der Waals surface area contributed by atoms with Gasteiger partial charge in [-0.2, -0.15) is 0 Å². The van der Waals surface area contributed by atoms with Crippen LogP contribution in [0.3, 0.4) is 0 Å². The third-order valence-electron chi connectivity index (χ3n) is 2.85. The fourth-order valence-corrected chi connectivity index (χ4v) is 1.86. The van der Waals surface area contributed by atoms with Crippen LogP contribution in [0.2, 0.25) is 0 Å². The van der Waals surface area contributed by atoms with E-state index >= 15 is 0 Å². The molecule has 1 rings (SSSR count). The van der Waals surface area contributed by atoms with E-state index < -0.39 is 0 Å². The topological polar surface area (TPSA) is 12.5 Å². The number of nitrogens with zero attached hydrogens (tertiary/aromatic N) is 1. The summed E-state index contributed by atoms with van der Waals surface area (Å²) in [6, 6.07) is 0. The first-order valence-electron chi connectivity index (χ1n) is 5.68. The molecule has 2 heteroatoms. The average Bonchev–Trinajstić information content (AvgIpc) is 2.38. The fraction of sp³-hybridized carbons (Fsp3) is 0.833. The number of unbranched alkanes of at least 4 members (excludes halogenated alkanes) is 1. The maximum absolute atomic E-state index is 5.05. The van der Waals surface area contributed by atoms with E-state index in [-0.39, 0.29) is 0 Å². The second-order valence-corrected chi connectivity index (χ2v) is 4.15. The molecule has 1 heterocycles. The van der Waals surface area contributed by atoms with Gasteiger partial charge < -0.3 is 9.64 Å². The summed E-state index contributed by atoms with van der Waals surface area (Å²) in [5.74, 6) is 0. The Labute approximate surface area is 87.9 Å². The monoisotopic (exact) mass is 197 g/mol. The van der Waals surface area contributed by atoms with Gasteiger partial charge in [-0.15, -0.1) is 0 Å². The molecule has 82 valence electrons. The fourth-order valence-electron chi connectivity index (χ4n) is 1.86. The van der Waals surface area contributed by atoms with Crippen LogP contribution in [0.5, 0.6) is 0 Å². The minimum absolute atomic E-state index is 0.910. The van der Waals surface area contributed by atoms with Crippen molar-refractivity contribution in [3.05, 3.63) is 11.6 Å². The van der Waals surface area contributed by atoms with Gasteiger partial charge in [-0.05, 0) is 39.2 Å². The second-order valence-electron chi connectivity index (χ2n) is 4.15. The van der Waals surface area contributed by atoms with Gasteiger partial charge in [0.2, 0.25) is 0 Å². The van der Waals surface area contributed by atoms with E-state index in [0.717, 1.165) is 6.61 Å². The highest BCUT2D eigenvalue weighted by molar-refractivity contribution is 5.04. The third kappa shape index (κ3) is 4.77. The Morgan fingerprint density at radius 1 is 1.36 bits per heavy atom. The van der Waals surface area contributed by atoms with Crippen LogP contribution in [0.15, 0.2) is 11.6 Å². The summed E-state index contributed by atoms with van der Waals surface area (Å²) in [6.45, 7) is 3.37. The molecule has 0 bridgehead atoms. The number of rotatable bonds is 5.